The summed E-state index contributed by atoms with van der Waals surface area (Å²) in [6, 6.07) is 8.41. The normalized spacial score (nSPS) is 10.5. The van der Waals surface area contributed by atoms with Gasteiger partial charge in [0.15, 0.2) is 11.5 Å². The highest BCUT2D eigenvalue weighted by molar-refractivity contribution is 5.71. The number of aromatic nitrogens is 1. The quantitative estimate of drug-likeness (QED) is 0.547. The Morgan fingerprint density at radius 2 is 2.50 bits per heavy atom. The highest BCUT2D eigenvalue weighted by Crippen LogP contribution is 2.12. The molecule has 0 N–H and O–H groups in total. The molecule has 1 heterocycles. The van der Waals surface area contributed by atoms with E-state index in [4.69, 9.17) is 4.42 Å². The Kier molecular flexibility index (Phi) is 1.01. The van der Waals surface area contributed by atoms with Crippen LogP contribution in [-0.4, -0.2) is 4.98 Å². The van der Waals surface area contributed by atoms with Gasteiger partial charge in [0.05, 0.1) is 0 Å². The average molecular weight is 132 g/mol. The van der Waals surface area contributed by atoms with Crippen LogP contribution in [0.5, 0.6) is 0 Å². The molecular weight excluding hydrogens is 126 g/mol. The van der Waals surface area contributed by atoms with Crippen molar-refractivity contribution in [2.24, 2.45) is 0 Å². The van der Waals surface area contributed by atoms with Crippen LogP contribution in [0.4, 0.5) is 0 Å². The van der Waals surface area contributed by atoms with Gasteiger partial charge in [0.2, 0.25) is 0 Å². The number of aryl methyl sites for hydroxylation is 1. The molecule has 2 nitrogen and oxygen atoms in total. The Hall–Kier alpha value is -1.31. The Morgan fingerprint density at radius 1 is 1.60 bits per heavy atom. The SMILES string of the molecule is Cc1nc2c[c]ccc2o1. The van der Waals surface area contributed by atoms with Crippen LogP contribution in [0.15, 0.2) is 22.6 Å². The smallest absolute Gasteiger partial charge is 0.192 e. The molecule has 0 amide bonds. The van der Waals surface area contributed by atoms with Gasteiger partial charge in [0, 0.05) is 6.92 Å². The van der Waals surface area contributed by atoms with Gasteiger partial charge in [-0.3, -0.25) is 0 Å². The van der Waals surface area contributed by atoms with Gasteiger partial charge >= 0.3 is 0 Å². The summed E-state index contributed by atoms with van der Waals surface area (Å²) in [5.41, 5.74) is 1.70. The van der Waals surface area contributed by atoms with Crippen molar-refractivity contribution < 1.29 is 4.42 Å². The van der Waals surface area contributed by atoms with Gasteiger partial charge < -0.3 is 4.42 Å². The molecule has 0 saturated carbocycles. The van der Waals surface area contributed by atoms with Crippen molar-refractivity contribution in [1.29, 1.82) is 0 Å². The van der Waals surface area contributed by atoms with Crippen LogP contribution in [-0.2, 0) is 0 Å². The minimum absolute atomic E-state index is 0.703. The zero-order chi connectivity index (χ0) is 6.97. The zero-order valence-electron chi connectivity index (χ0n) is 5.59. The number of benzene rings is 1. The predicted octanol–water partition coefficient (Wildman–Crippen LogP) is 1.94. The Labute approximate surface area is 58.5 Å². The van der Waals surface area contributed by atoms with Gasteiger partial charge in [0.1, 0.15) is 5.52 Å². The van der Waals surface area contributed by atoms with E-state index in [-0.39, 0.29) is 0 Å². The van der Waals surface area contributed by atoms with Crippen LogP contribution in [0.1, 0.15) is 5.89 Å². The van der Waals surface area contributed by atoms with Crippen molar-refractivity contribution in [1.82, 2.24) is 4.98 Å². The molecule has 49 valence electrons. The summed E-state index contributed by atoms with van der Waals surface area (Å²) in [6.45, 7) is 1.83. The zero-order valence-corrected chi connectivity index (χ0v) is 5.59. The summed E-state index contributed by atoms with van der Waals surface area (Å²) < 4.78 is 5.24. The van der Waals surface area contributed by atoms with E-state index in [1.165, 1.54) is 0 Å². The third kappa shape index (κ3) is 0.692. The summed E-state index contributed by atoms with van der Waals surface area (Å²) in [5, 5.41) is 0. The van der Waals surface area contributed by atoms with Crippen LogP contribution in [0.3, 0.4) is 0 Å². The number of nitrogens with zero attached hydrogens (tertiary/aromatic N) is 1. The molecule has 10 heavy (non-hydrogen) atoms. The molecule has 0 atom stereocenters. The van der Waals surface area contributed by atoms with Crippen molar-refractivity contribution in [2.75, 3.05) is 0 Å². The second-order valence-electron chi connectivity index (χ2n) is 2.13. The highest BCUT2D eigenvalue weighted by Gasteiger charge is 1.97. The molecule has 0 unspecified atom stereocenters. The topological polar surface area (TPSA) is 26.0 Å². The standard InChI is InChI=1S/C8H6NO/c1-6-9-7-4-2-3-5-8(7)10-6/h3-5H,1H3. The fourth-order valence-electron chi connectivity index (χ4n) is 0.933. The van der Waals surface area contributed by atoms with E-state index in [2.05, 4.69) is 11.1 Å². The Morgan fingerprint density at radius 3 is 3.30 bits per heavy atom. The van der Waals surface area contributed by atoms with Crippen molar-refractivity contribution in [3.05, 3.63) is 30.2 Å². The number of fused-ring (bicyclic) bond motifs is 1. The lowest BCUT2D eigenvalue weighted by molar-refractivity contribution is 0.561. The predicted molar refractivity (Wildman–Crippen MR) is 37.6 cm³/mol. The third-order valence-electron chi connectivity index (χ3n) is 1.34. The lowest BCUT2D eigenvalue weighted by Crippen LogP contribution is -1.65. The molecule has 1 aromatic heterocycles. The van der Waals surface area contributed by atoms with E-state index < -0.39 is 0 Å². The van der Waals surface area contributed by atoms with E-state index in [1.54, 1.807) is 0 Å². The molecule has 2 aromatic rings. The van der Waals surface area contributed by atoms with Crippen molar-refractivity contribution >= 4 is 11.1 Å². The number of rotatable bonds is 0. The Bertz CT molecular complexity index is 318. The van der Waals surface area contributed by atoms with E-state index in [9.17, 15) is 0 Å². The van der Waals surface area contributed by atoms with E-state index in [0.717, 1.165) is 11.1 Å². The van der Waals surface area contributed by atoms with Crippen molar-refractivity contribution in [2.45, 2.75) is 6.92 Å². The fourth-order valence-corrected chi connectivity index (χ4v) is 0.933. The first-order valence-corrected chi connectivity index (χ1v) is 3.09. The fraction of sp³-hybridized carbons (Fsp3) is 0.125. The van der Waals surface area contributed by atoms with Gasteiger partial charge in [-0.05, 0) is 18.2 Å². The molecule has 0 aliphatic rings. The number of hydrogen-bond acceptors (Lipinski definition) is 2. The Balaban J connectivity index is 2.88. The summed E-state index contributed by atoms with van der Waals surface area (Å²) in [5.74, 6) is 0.703. The van der Waals surface area contributed by atoms with Crippen LogP contribution in [0.25, 0.3) is 11.1 Å². The molecule has 0 fully saturated rings. The minimum Gasteiger partial charge on any atom is -0.441 e. The summed E-state index contributed by atoms with van der Waals surface area (Å²) in [4.78, 5) is 4.12. The van der Waals surface area contributed by atoms with Crippen LogP contribution < -0.4 is 0 Å². The van der Waals surface area contributed by atoms with Gasteiger partial charge in [0.25, 0.3) is 0 Å². The molecule has 1 radical (unpaired) electrons. The van der Waals surface area contributed by atoms with E-state index in [1.807, 2.05) is 25.1 Å². The van der Waals surface area contributed by atoms with Gasteiger partial charge in [-0.1, -0.05) is 6.07 Å². The lowest BCUT2D eigenvalue weighted by Gasteiger charge is -1.79. The van der Waals surface area contributed by atoms with Crippen molar-refractivity contribution in [3.8, 4) is 0 Å². The molecule has 0 aliphatic heterocycles. The minimum atomic E-state index is 0.703. The van der Waals surface area contributed by atoms with E-state index in [0.29, 0.717) is 5.89 Å². The highest BCUT2D eigenvalue weighted by atomic mass is 16.3. The van der Waals surface area contributed by atoms with Gasteiger partial charge in [-0.2, -0.15) is 0 Å². The summed E-state index contributed by atoms with van der Waals surface area (Å²) >= 11 is 0. The lowest BCUT2D eigenvalue weighted by atomic mass is 10.3. The monoisotopic (exact) mass is 132 g/mol. The first-order valence-electron chi connectivity index (χ1n) is 3.09. The summed E-state index contributed by atoms with van der Waals surface area (Å²) in [6.07, 6.45) is 0. The maximum Gasteiger partial charge on any atom is 0.192 e. The molecule has 0 saturated heterocycles. The molecule has 1 aromatic carbocycles. The summed E-state index contributed by atoms with van der Waals surface area (Å²) in [7, 11) is 0. The second kappa shape index (κ2) is 1.84. The molecular formula is C8H6NO. The van der Waals surface area contributed by atoms with Crippen LogP contribution in [0, 0.1) is 13.0 Å². The molecule has 2 heteroatoms. The number of oxazole rings is 1. The van der Waals surface area contributed by atoms with E-state index >= 15 is 0 Å². The average Bonchev–Trinajstić information content (AvgIpc) is 2.27. The second-order valence-corrected chi connectivity index (χ2v) is 2.13. The maximum atomic E-state index is 5.24. The first-order chi connectivity index (χ1) is 4.86. The van der Waals surface area contributed by atoms with Crippen LogP contribution >= 0.6 is 0 Å². The van der Waals surface area contributed by atoms with Crippen LogP contribution in [0.2, 0.25) is 0 Å². The molecule has 0 bridgehead atoms. The maximum absolute atomic E-state index is 5.24. The van der Waals surface area contributed by atoms with Gasteiger partial charge in [-0.25, -0.2) is 4.98 Å². The van der Waals surface area contributed by atoms with Crippen molar-refractivity contribution in [3.63, 3.8) is 0 Å². The largest absolute Gasteiger partial charge is 0.441 e. The molecule has 0 spiro atoms. The first kappa shape index (κ1) is 5.47. The number of hydrogen-bond donors (Lipinski definition) is 0. The molecule has 2 rings (SSSR count). The molecule has 0 aliphatic carbocycles. The van der Waals surface area contributed by atoms with Gasteiger partial charge in [-0.15, -0.1) is 0 Å². The third-order valence-corrected chi connectivity index (χ3v) is 1.34.